The van der Waals surface area contributed by atoms with Gasteiger partial charge in [0.05, 0.1) is 5.56 Å². The number of benzene rings is 1. The van der Waals surface area contributed by atoms with Crippen molar-refractivity contribution in [1.82, 2.24) is 5.43 Å². The van der Waals surface area contributed by atoms with Gasteiger partial charge in [0.1, 0.15) is 5.82 Å². The van der Waals surface area contributed by atoms with Gasteiger partial charge in [0.15, 0.2) is 0 Å². The zero-order valence-electron chi connectivity index (χ0n) is 8.61. The molecule has 16 heavy (non-hydrogen) atoms. The molecule has 1 rings (SSSR count). The lowest BCUT2D eigenvalue weighted by molar-refractivity contribution is -0.140. The molecule has 0 spiro atoms. The quantitative estimate of drug-likeness (QED) is 0.481. The first kappa shape index (κ1) is 12.9. The zero-order chi connectivity index (χ0) is 12.3. The number of hydrogen-bond acceptors (Lipinski definition) is 2. The van der Waals surface area contributed by atoms with Crippen LogP contribution < -0.4 is 11.3 Å². The first-order valence-electron chi connectivity index (χ1n) is 4.73. The predicted octanol–water partition coefficient (Wildman–Crippen LogP) is 2.76. The van der Waals surface area contributed by atoms with Crippen LogP contribution in [0.15, 0.2) is 18.2 Å². The second-order valence-electron chi connectivity index (χ2n) is 3.36. The Morgan fingerprint density at radius 2 is 2.00 bits per heavy atom. The first-order valence-corrected chi connectivity index (χ1v) is 4.73. The van der Waals surface area contributed by atoms with Crippen LogP contribution in [0.5, 0.6) is 0 Å². The van der Waals surface area contributed by atoms with Crippen LogP contribution in [0.4, 0.5) is 17.6 Å². The molecular formula is C10H12F4N2. The summed E-state index contributed by atoms with van der Waals surface area (Å²) >= 11 is 0. The molecule has 0 heterocycles. The number of nitrogens with two attached hydrogens (primary N) is 1. The van der Waals surface area contributed by atoms with Gasteiger partial charge in [-0.1, -0.05) is 13.0 Å². The van der Waals surface area contributed by atoms with Crippen LogP contribution in [-0.2, 0) is 6.18 Å². The number of rotatable bonds is 3. The van der Waals surface area contributed by atoms with E-state index in [1.807, 2.05) is 0 Å². The maximum atomic E-state index is 13.2. The summed E-state index contributed by atoms with van der Waals surface area (Å²) in [5, 5.41) is 0. The average Bonchev–Trinajstić information content (AvgIpc) is 2.17. The SMILES string of the molecule is CCC(NN)c1ccc(C(F)(F)F)c(F)c1. The Bertz CT molecular complexity index is 358. The standard InChI is InChI=1S/C10H12F4N2/c1-2-9(16-15)6-3-4-7(8(11)5-6)10(12,13)14/h3-5,9,16H,2,15H2,1H3. The molecule has 0 aliphatic rings. The lowest BCUT2D eigenvalue weighted by Crippen LogP contribution is -2.27. The molecule has 90 valence electrons. The first-order chi connectivity index (χ1) is 7.40. The Hall–Kier alpha value is -1.14. The van der Waals surface area contributed by atoms with Crippen molar-refractivity contribution >= 4 is 0 Å². The molecule has 1 aromatic rings. The van der Waals surface area contributed by atoms with Crippen LogP contribution in [0, 0.1) is 5.82 Å². The van der Waals surface area contributed by atoms with Gasteiger partial charge in [-0.15, -0.1) is 0 Å². The van der Waals surface area contributed by atoms with Gasteiger partial charge in [-0.25, -0.2) is 4.39 Å². The number of hydrogen-bond donors (Lipinski definition) is 2. The van der Waals surface area contributed by atoms with E-state index in [-0.39, 0.29) is 6.04 Å². The molecule has 1 aromatic carbocycles. The molecule has 0 radical (unpaired) electrons. The smallest absolute Gasteiger partial charge is 0.271 e. The Balaban J connectivity index is 3.08. The monoisotopic (exact) mass is 236 g/mol. The van der Waals surface area contributed by atoms with Crippen molar-refractivity contribution < 1.29 is 17.6 Å². The van der Waals surface area contributed by atoms with Crippen LogP contribution in [0.2, 0.25) is 0 Å². The molecule has 0 aromatic heterocycles. The normalized spacial score (nSPS) is 13.9. The van der Waals surface area contributed by atoms with Gasteiger partial charge in [0, 0.05) is 6.04 Å². The van der Waals surface area contributed by atoms with Crippen LogP contribution in [0.3, 0.4) is 0 Å². The molecule has 0 fully saturated rings. The highest BCUT2D eigenvalue weighted by Crippen LogP contribution is 2.32. The zero-order valence-corrected chi connectivity index (χ0v) is 8.61. The average molecular weight is 236 g/mol. The molecular weight excluding hydrogens is 224 g/mol. The minimum absolute atomic E-state index is 0.350. The summed E-state index contributed by atoms with van der Waals surface area (Å²) in [6, 6.07) is 2.46. The Morgan fingerprint density at radius 3 is 2.38 bits per heavy atom. The van der Waals surface area contributed by atoms with Gasteiger partial charge in [-0.2, -0.15) is 13.2 Å². The highest BCUT2D eigenvalue weighted by Gasteiger charge is 2.34. The van der Waals surface area contributed by atoms with E-state index in [0.717, 1.165) is 12.1 Å². The second-order valence-corrected chi connectivity index (χ2v) is 3.36. The number of hydrazine groups is 1. The lowest BCUT2D eigenvalue weighted by atomic mass is 10.0. The molecule has 2 nitrogen and oxygen atoms in total. The van der Waals surface area contributed by atoms with E-state index >= 15 is 0 Å². The summed E-state index contributed by atoms with van der Waals surface area (Å²) < 4.78 is 50.0. The van der Waals surface area contributed by atoms with Gasteiger partial charge >= 0.3 is 6.18 Å². The fourth-order valence-corrected chi connectivity index (χ4v) is 1.43. The van der Waals surface area contributed by atoms with Crippen molar-refractivity contribution in [3.05, 3.63) is 35.1 Å². The molecule has 0 aliphatic heterocycles. The van der Waals surface area contributed by atoms with E-state index in [9.17, 15) is 17.6 Å². The molecule has 0 bridgehead atoms. The topological polar surface area (TPSA) is 38.0 Å². The van der Waals surface area contributed by atoms with Gasteiger partial charge in [0.25, 0.3) is 0 Å². The van der Waals surface area contributed by atoms with E-state index in [2.05, 4.69) is 5.43 Å². The van der Waals surface area contributed by atoms with Crippen molar-refractivity contribution in [2.75, 3.05) is 0 Å². The maximum absolute atomic E-state index is 13.2. The predicted molar refractivity (Wildman–Crippen MR) is 51.8 cm³/mol. The summed E-state index contributed by atoms with van der Waals surface area (Å²) in [6.45, 7) is 1.79. The molecule has 1 unspecified atom stereocenters. The minimum Gasteiger partial charge on any atom is -0.271 e. The summed E-state index contributed by atoms with van der Waals surface area (Å²) in [4.78, 5) is 0. The number of nitrogens with one attached hydrogen (secondary N) is 1. The van der Waals surface area contributed by atoms with E-state index in [1.54, 1.807) is 6.92 Å². The summed E-state index contributed by atoms with van der Waals surface area (Å²) in [5.74, 6) is 3.92. The molecule has 0 aliphatic carbocycles. The highest BCUT2D eigenvalue weighted by molar-refractivity contribution is 5.28. The largest absolute Gasteiger partial charge is 0.419 e. The maximum Gasteiger partial charge on any atom is 0.419 e. The number of halogens is 4. The second kappa shape index (κ2) is 4.80. The molecule has 1 atom stereocenters. The van der Waals surface area contributed by atoms with Crippen LogP contribution in [0.1, 0.15) is 30.5 Å². The van der Waals surface area contributed by atoms with E-state index in [1.165, 1.54) is 6.07 Å². The Labute approximate surface area is 90.4 Å². The fourth-order valence-electron chi connectivity index (χ4n) is 1.43. The van der Waals surface area contributed by atoms with Crippen molar-refractivity contribution in [2.45, 2.75) is 25.6 Å². The highest BCUT2D eigenvalue weighted by atomic mass is 19.4. The molecule has 3 N–H and O–H groups in total. The summed E-state index contributed by atoms with van der Waals surface area (Å²) in [7, 11) is 0. The molecule has 0 amide bonds. The molecule has 0 saturated heterocycles. The minimum atomic E-state index is -4.67. The van der Waals surface area contributed by atoms with Gasteiger partial charge in [0.2, 0.25) is 0 Å². The Kier molecular flexibility index (Phi) is 3.88. The van der Waals surface area contributed by atoms with E-state index in [0.29, 0.717) is 12.0 Å². The molecule has 6 heteroatoms. The van der Waals surface area contributed by atoms with Crippen molar-refractivity contribution in [3.8, 4) is 0 Å². The number of alkyl halides is 3. The lowest BCUT2D eigenvalue weighted by Gasteiger charge is -2.15. The third-order valence-electron chi connectivity index (χ3n) is 2.31. The Morgan fingerprint density at radius 1 is 1.38 bits per heavy atom. The third-order valence-corrected chi connectivity index (χ3v) is 2.31. The van der Waals surface area contributed by atoms with Crippen LogP contribution >= 0.6 is 0 Å². The molecule has 0 saturated carbocycles. The van der Waals surface area contributed by atoms with Crippen LogP contribution in [-0.4, -0.2) is 0 Å². The summed E-state index contributed by atoms with van der Waals surface area (Å²) in [5.41, 5.74) is 1.54. The third kappa shape index (κ3) is 2.70. The fraction of sp³-hybridized carbons (Fsp3) is 0.400. The van der Waals surface area contributed by atoms with Crippen molar-refractivity contribution in [3.63, 3.8) is 0 Å². The van der Waals surface area contributed by atoms with Gasteiger partial charge in [-0.3, -0.25) is 11.3 Å². The van der Waals surface area contributed by atoms with Crippen LogP contribution in [0.25, 0.3) is 0 Å². The van der Waals surface area contributed by atoms with E-state index in [4.69, 9.17) is 5.84 Å². The van der Waals surface area contributed by atoms with Gasteiger partial charge < -0.3 is 0 Å². The van der Waals surface area contributed by atoms with Crippen molar-refractivity contribution in [1.29, 1.82) is 0 Å². The van der Waals surface area contributed by atoms with E-state index < -0.39 is 17.6 Å². The van der Waals surface area contributed by atoms with Gasteiger partial charge in [-0.05, 0) is 24.1 Å². The van der Waals surface area contributed by atoms with Crippen molar-refractivity contribution in [2.24, 2.45) is 5.84 Å². The summed E-state index contributed by atoms with van der Waals surface area (Å²) in [6.07, 6.45) is -4.11.